The predicted octanol–water partition coefficient (Wildman–Crippen LogP) is 3.53. The molecule has 0 radical (unpaired) electrons. The SMILES string of the molecule is CCOC1CC(CC(N)Cc2ccc(OC)c(Br)c2)C1. The lowest BCUT2D eigenvalue weighted by molar-refractivity contribution is -0.0280. The van der Waals surface area contributed by atoms with E-state index < -0.39 is 0 Å². The second-order valence-electron chi connectivity index (χ2n) is 5.58. The number of nitrogens with two attached hydrogens (primary N) is 1. The van der Waals surface area contributed by atoms with Crippen molar-refractivity contribution in [3.05, 3.63) is 28.2 Å². The second kappa shape index (κ2) is 7.43. The van der Waals surface area contributed by atoms with Crippen LogP contribution in [0.1, 0.15) is 31.7 Å². The summed E-state index contributed by atoms with van der Waals surface area (Å²) in [4.78, 5) is 0. The van der Waals surface area contributed by atoms with Crippen molar-refractivity contribution in [2.75, 3.05) is 13.7 Å². The van der Waals surface area contributed by atoms with E-state index in [9.17, 15) is 0 Å². The lowest BCUT2D eigenvalue weighted by Gasteiger charge is -2.36. The molecule has 4 heteroatoms. The summed E-state index contributed by atoms with van der Waals surface area (Å²) in [7, 11) is 1.68. The minimum atomic E-state index is 0.225. The van der Waals surface area contributed by atoms with Gasteiger partial charge in [0.15, 0.2) is 0 Å². The summed E-state index contributed by atoms with van der Waals surface area (Å²) in [6.45, 7) is 2.88. The van der Waals surface area contributed by atoms with Crippen LogP contribution < -0.4 is 10.5 Å². The molecule has 1 fully saturated rings. The van der Waals surface area contributed by atoms with Gasteiger partial charge in [0.25, 0.3) is 0 Å². The van der Waals surface area contributed by atoms with E-state index in [1.54, 1.807) is 7.11 Å². The Morgan fingerprint density at radius 3 is 2.75 bits per heavy atom. The van der Waals surface area contributed by atoms with Crippen molar-refractivity contribution >= 4 is 15.9 Å². The van der Waals surface area contributed by atoms with E-state index >= 15 is 0 Å². The van der Waals surface area contributed by atoms with E-state index in [4.69, 9.17) is 15.2 Å². The average molecular weight is 342 g/mol. The summed E-state index contributed by atoms with van der Waals surface area (Å²) in [6.07, 6.45) is 4.83. The summed E-state index contributed by atoms with van der Waals surface area (Å²) in [5.41, 5.74) is 7.52. The van der Waals surface area contributed by atoms with Gasteiger partial charge in [0, 0.05) is 12.6 Å². The van der Waals surface area contributed by atoms with E-state index in [0.717, 1.165) is 35.6 Å². The minimum Gasteiger partial charge on any atom is -0.496 e. The third-order valence-electron chi connectivity index (χ3n) is 3.94. The summed E-state index contributed by atoms with van der Waals surface area (Å²) in [5.74, 6) is 1.60. The normalized spacial score (nSPS) is 23.2. The molecule has 3 nitrogen and oxygen atoms in total. The number of hydrogen-bond donors (Lipinski definition) is 1. The molecule has 1 aliphatic rings. The van der Waals surface area contributed by atoms with Crippen LogP contribution in [0.15, 0.2) is 22.7 Å². The largest absolute Gasteiger partial charge is 0.496 e. The second-order valence-corrected chi connectivity index (χ2v) is 6.44. The Bertz CT molecular complexity index is 432. The maximum absolute atomic E-state index is 6.27. The first-order chi connectivity index (χ1) is 9.62. The van der Waals surface area contributed by atoms with Crippen molar-refractivity contribution in [3.8, 4) is 5.75 Å². The fourth-order valence-corrected chi connectivity index (χ4v) is 3.48. The van der Waals surface area contributed by atoms with Crippen LogP contribution in [0.3, 0.4) is 0 Å². The van der Waals surface area contributed by atoms with Crippen molar-refractivity contribution in [1.29, 1.82) is 0 Å². The highest BCUT2D eigenvalue weighted by molar-refractivity contribution is 9.10. The highest BCUT2D eigenvalue weighted by Crippen LogP contribution is 2.34. The third-order valence-corrected chi connectivity index (χ3v) is 4.56. The molecule has 1 aromatic carbocycles. The molecular formula is C16H24BrNO2. The number of hydrogen-bond acceptors (Lipinski definition) is 3. The van der Waals surface area contributed by atoms with E-state index in [1.165, 1.54) is 18.4 Å². The van der Waals surface area contributed by atoms with Crippen LogP contribution in [0.5, 0.6) is 5.75 Å². The minimum absolute atomic E-state index is 0.225. The number of methoxy groups -OCH3 is 1. The van der Waals surface area contributed by atoms with Crippen LogP contribution >= 0.6 is 15.9 Å². The Morgan fingerprint density at radius 2 is 2.15 bits per heavy atom. The highest BCUT2D eigenvalue weighted by Gasteiger charge is 2.30. The van der Waals surface area contributed by atoms with Crippen LogP contribution in [-0.4, -0.2) is 25.9 Å². The number of halogens is 1. The molecule has 20 heavy (non-hydrogen) atoms. The summed E-state index contributed by atoms with van der Waals surface area (Å²) >= 11 is 3.52. The fourth-order valence-electron chi connectivity index (χ4n) is 2.89. The van der Waals surface area contributed by atoms with Crippen molar-refractivity contribution < 1.29 is 9.47 Å². The molecule has 0 saturated heterocycles. The molecule has 0 amide bonds. The molecule has 2 rings (SSSR count). The standard InChI is InChI=1S/C16H24BrNO2/c1-3-20-14-8-12(9-14)7-13(18)6-11-4-5-16(19-2)15(17)10-11/h4-5,10,12-14H,3,6-9,18H2,1-2H3. The smallest absolute Gasteiger partial charge is 0.133 e. The molecule has 0 bridgehead atoms. The van der Waals surface area contributed by atoms with Crippen molar-refractivity contribution in [2.45, 2.75) is 44.8 Å². The van der Waals surface area contributed by atoms with Gasteiger partial charge >= 0.3 is 0 Å². The average Bonchev–Trinajstić information content (AvgIpc) is 2.36. The van der Waals surface area contributed by atoms with Crippen LogP contribution in [0, 0.1) is 5.92 Å². The molecule has 1 aromatic rings. The number of benzene rings is 1. The Kier molecular flexibility index (Phi) is 5.87. The third kappa shape index (κ3) is 4.21. The molecule has 1 saturated carbocycles. The molecule has 2 N–H and O–H groups in total. The van der Waals surface area contributed by atoms with Gasteiger partial charge in [0.2, 0.25) is 0 Å². The molecular weight excluding hydrogens is 318 g/mol. The quantitative estimate of drug-likeness (QED) is 0.824. The lowest BCUT2D eigenvalue weighted by Crippen LogP contribution is -2.36. The molecule has 1 unspecified atom stereocenters. The first kappa shape index (κ1) is 15.8. The Labute approximate surface area is 130 Å². The Morgan fingerprint density at radius 1 is 1.40 bits per heavy atom. The molecule has 0 heterocycles. The maximum Gasteiger partial charge on any atom is 0.133 e. The maximum atomic E-state index is 6.27. The van der Waals surface area contributed by atoms with Crippen LogP contribution in [0.25, 0.3) is 0 Å². The fraction of sp³-hybridized carbons (Fsp3) is 0.625. The van der Waals surface area contributed by atoms with Gasteiger partial charge in [-0.3, -0.25) is 0 Å². The molecule has 0 spiro atoms. The zero-order chi connectivity index (χ0) is 14.5. The predicted molar refractivity (Wildman–Crippen MR) is 85.1 cm³/mol. The van der Waals surface area contributed by atoms with Crippen LogP contribution in [-0.2, 0) is 11.2 Å². The zero-order valence-electron chi connectivity index (χ0n) is 12.3. The summed E-state index contributed by atoms with van der Waals surface area (Å²) in [5, 5.41) is 0. The Balaban J connectivity index is 1.77. The highest BCUT2D eigenvalue weighted by atomic mass is 79.9. The van der Waals surface area contributed by atoms with Gasteiger partial charge in [0.05, 0.1) is 17.7 Å². The van der Waals surface area contributed by atoms with Crippen molar-refractivity contribution in [2.24, 2.45) is 11.7 Å². The first-order valence-electron chi connectivity index (χ1n) is 7.32. The molecule has 112 valence electrons. The van der Waals surface area contributed by atoms with Gasteiger partial charge < -0.3 is 15.2 Å². The van der Waals surface area contributed by atoms with E-state index in [-0.39, 0.29) is 6.04 Å². The molecule has 0 aliphatic heterocycles. The van der Waals surface area contributed by atoms with Crippen molar-refractivity contribution in [3.63, 3.8) is 0 Å². The van der Waals surface area contributed by atoms with Crippen molar-refractivity contribution in [1.82, 2.24) is 0 Å². The molecule has 1 aliphatic carbocycles. The zero-order valence-corrected chi connectivity index (χ0v) is 13.9. The lowest BCUT2D eigenvalue weighted by atomic mass is 9.77. The van der Waals surface area contributed by atoms with Gasteiger partial charge in [0.1, 0.15) is 5.75 Å². The van der Waals surface area contributed by atoms with Gasteiger partial charge in [-0.25, -0.2) is 0 Å². The molecule has 0 aromatic heterocycles. The van der Waals surface area contributed by atoms with E-state index in [1.807, 2.05) is 6.07 Å². The number of rotatable bonds is 7. The van der Waals surface area contributed by atoms with Crippen LogP contribution in [0.2, 0.25) is 0 Å². The van der Waals surface area contributed by atoms with Gasteiger partial charge in [-0.05, 0) is 72.2 Å². The van der Waals surface area contributed by atoms with Gasteiger partial charge in [-0.2, -0.15) is 0 Å². The van der Waals surface area contributed by atoms with Gasteiger partial charge in [-0.15, -0.1) is 0 Å². The first-order valence-corrected chi connectivity index (χ1v) is 8.11. The monoisotopic (exact) mass is 341 g/mol. The topological polar surface area (TPSA) is 44.5 Å². The van der Waals surface area contributed by atoms with E-state index in [0.29, 0.717) is 6.10 Å². The Hall–Kier alpha value is -0.580. The van der Waals surface area contributed by atoms with Crippen LogP contribution in [0.4, 0.5) is 0 Å². The summed E-state index contributed by atoms with van der Waals surface area (Å²) < 4.78 is 11.8. The number of ether oxygens (including phenoxy) is 2. The molecule has 1 atom stereocenters. The van der Waals surface area contributed by atoms with Gasteiger partial charge in [-0.1, -0.05) is 6.07 Å². The van der Waals surface area contributed by atoms with E-state index in [2.05, 4.69) is 35.0 Å². The summed E-state index contributed by atoms with van der Waals surface area (Å²) in [6, 6.07) is 6.40.